The minimum Gasteiger partial charge on any atom is -0.508 e. The third kappa shape index (κ3) is 3.46. The molecule has 4 heteroatoms. The highest BCUT2D eigenvalue weighted by Gasteiger charge is 2.16. The molecule has 1 amide bonds. The van der Waals surface area contributed by atoms with Gasteiger partial charge in [-0.3, -0.25) is 4.79 Å². The Hall–Kier alpha value is -1.55. The summed E-state index contributed by atoms with van der Waals surface area (Å²) in [7, 11) is 0. The highest BCUT2D eigenvalue weighted by molar-refractivity contribution is 5.76. The van der Waals surface area contributed by atoms with E-state index in [1.807, 2.05) is 17.0 Å². The summed E-state index contributed by atoms with van der Waals surface area (Å²) in [5.41, 5.74) is 1.07. The molecule has 0 aliphatic carbocycles. The van der Waals surface area contributed by atoms with E-state index in [-0.39, 0.29) is 11.7 Å². The van der Waals surface area contributed by atoms with Gasteiger partial charge in [-0.2, -0.15) is 0 Å². The van der Waals surface area contributed by atoms with Crippen molar-refractivity contribution in [1.82, 2.24) is 4.90 Å². The van der Waals surface area contributed by atoms with Crippen LogP contribution in [-0.2, 0) is 16.0 Å². The van der Waals surface area contributed by atoms with Crippen molar-refractivity contribution >= 4 is 5.91 Å². The number of rotatable bonds is 3. The maximum Gasteiger partial charge on any atom is 0.223 e. The number of amides is 1. The Balaban J connectivity index is 1.81. The van der Waals surface area contributed by atoms with Crippen LogP contribution in [0.2, 0.25) is 0 Å². The molecule has 0 aromatic heterocycles. The molecule has 0 unspecified atom stereocenters. The van der Waals surface area contributed by atoms with E-state index in [0.717, 1.165) is 12.0 Å². The van der Waals surface area contributed by atoms with Crippen LogP contribution in [-0.4, -0.2) is 42.2 Å². The van der Waals surface area contributed by atoms with Crippen molar-refractivity contribution in [2.45, 2.75) is 12.8 Å². The highest BCUT2D eigenvalue weighted by Crippen LogP contribution is 2.12. The number of nitrogens with zero attached hydrogens (tertiary/aromatic N) is 1. The number of hydrogen-bond donors (Lipinski definition) is 1. The summed E-state index contributed by atoms with van der Waals surface area (Å²) in [5, 5.41) is 9.15. The van der Waals surface area contributed by atoms with E-state index in [1.165, 1.54) is 0 Å². The number of aryl methyl sites for hydroxylation is 1. The lowest BCUT2D eigenvalue weighted by molar-refractivity contribution is -0.135. The van der Waals surface area contributed by atoms with E-state index in [1.54, 1.807) is 12.1 Å². The summed E-state index contributed by atoms with van der Waals surface area (Å²) in [6, 6.07) is 6.99. The number of hydrogen-bond acceptors (Lipinski definition) is 3. The molecule has 1 N–H and O–H groups in total. The molecule has 0 saturated carbocycles. The van der Waals surface area contributed by atoms with E-state index in [4.69, 9.17) is 9.84 Å². The van der Waals surface area contributed by atoms with Gasteiger partial charge in [0.15, 0.2) is 0 Å². The van der Waals surface area contributed by atoms with Crippen LogP contribution in [0.4, 0.5) is 0 Å². The van der Waals surface area contributed by atoms with Crippen molar-refractivity contribution < 1.29 is 14.6 Å². The van der Waals surface area contributed by atoms with Gasteiger partial charge in [-0.05, 0) is 24.1 Å². The summed E-state index contributed by atoms with van der Waals surface area (Å²) in [6.07, 6.45) is 1.24. The molecule has 0 bridgehead atoms. The minimum absolute atomic E-state index is 0.182. The average Bonchev–Trinajstić information content (AvgIpc) is 2.39. The fourth-order valence-electron chi connectivity index (χ4n) is 1.88. The number of carbonyl (C=O) groups is 1. The maximum atomic E-state index is 11.9. The SMILES string of the molecule is O=C(CCc1ccc(O)cc1)N1CCOCC1. The van der Waals surface area contributed by atoms with E-state index < -0.39 is 0 Å². The maximum absolute atomic E-state index is 11.9. The second kappa shape index (κ2) is 5.68. The first-order valence-electron chi connectivity index (χ1n) is 5.89. The molecule has 1 fully saturated rings. The van der Waals surface area contributed by atoms with Crippen LogP contribution in [0.15, 0.2) is 24.3 Å². The van der Waals surface area contributed by atoms with Crippen molar-refractivity contribution in [3.8, 4) is 5.75 Å². The Morgan fingerprint density at radius 2 is 1.88 bits per heavy atom. The van der Waals surface area contributed by atoms with Crippen LogP contribution in [0.5, 0.6) is 5.75 Å². The van der Waals surface area contributed by atoms with Gasteiger partial charge in [0.25, 0.3) is 0 Å². The van der Waals surface area contributed by atoms with Crippen molar-refractivity contribution in [1.29, 1.82) is 0 Å². The highest BCUT2D eigenvalue weighted by atomic mass is 16.5. The number of phenols is 1. The molecule has 0 radical (unpaired) electrons. The molecule has 1 aliphatic rings. The zero-order chi connectivity index (χ0) is 12.1. The quantitative estimate of drug-likeness (QED) is 0.856. The van der Waals surface area contributed by atoms with Gasteiger partial charge in [0.05, 0.1) is 13.2 Å². The Kier molecular flexibility index (Phi) is 3.98. The molecule has 0 spiro atoms. The summed E-state index contributed by atoms with van der Waals surface area (Å²) < 4.78 is 5.20. The summed E-state index contributed by atoms with van der Waals surface area (Å²) in [6.45, 7) is 2.69. The topological polar surface area (TPSA) is 49.8 Å². The normalized spacial score (nSPS) is 15.9. The molecule has 1 aromatic carbocycles. The molecule has 2 rings (SSSR count). The predicted molar refractivity (Wildman–Crippen MR) is 63.8 cm³/mol. The molecule has 92 valence electrons. The predicted octanol–water partition coefficient (Wildman–Crippen LogP) is 1.18. The largest absolute Gasteiger partial charge is 0.508 e. The molecule has 0 atom stereocenters. The fourth-order valence-corrected chi connectivity index (χ4v) is 1.88. The van der Waals surface area contributed by atoms with E-state index >= 15 is 0 Å². The minimum atomic E-state index is 0.182. The number of aromatic hydroxyl groups is 1. The fraction of sp³-hybridized carbons (Fsp3) is 0.462. The first-order valence-corrected chi connectivity index (χ1v) is 5.89. The molecular formula is C13H17NO3. The first kappa shape index (κ1) is 11.9. The Labute approximate surface area is 101 Å². The second-order valence-electron chi connectivity index (χ2n) is 4.16. The van der Waals surface area contributed by atoms with Crippen molar-refractivity contribution in [3.05, 3.63) is 29.8 Å². The molecule has 17 heavy (non-hydrogen) atoms. The standard InChI is InChI=1S/C13H17NO3/c15-12-4-1-11(2-5-12)3-6-13(16)14-7-9-17-10-8-14/h1-2,4-5,15H,3,6-10H2. The molecule has 1 saturated heterocycles. The Morgan fingerprint density at radius 1 is 1.24 bits per heavy atom. The summed E-state index contributed by atoms with van der Waals surface area (Å²) >= 11 is 0. The van der Waals surface area contributed by atoms with Gasteiger partial charge in [-0.25, -0.2) is 0 Å². The van der Waals surface area contributed by atoms with Crippen LogP contribution in [0.3, 0.4) is 0 Å². The first-order chi connectivity index (χ1) is 8.25. The number of morpholine rings is 1. The van der Waals surface area contributed by atoms with Gasteiger partial charge in [-0.15, -0.1) is 0 Å². The van der Waals surface area contributed by atoms with Crippen molar-refractivity contribution in [2.24, 2.45) is 0 Å². The Bertz CT molecular complexity index is 369. The summed E-state index contributed by atoms with van der Waals surface area (Å²) in [5.74, 6) is 0.439. The third-order valence-corrected chi connectivity index (χ3v) is 2.93. The second-order valence-corrected chi connectivity index (χ2v) is 4.16. The zero-order valence-corrected chi connectivity index (χ0v) is 9.76. The molecular weight excluding hydrogens is 218 g/mol. The van der Waals surface area contributed by atoms with Crippen LogP contribution in [0.25, 0.3) is 0 Å². The zero-order valence-electron chi connectivity index (χ0n) is 9.76. The Morgan fingerprint density at radius 3 is 2.53 bits per heavy atom. The third-order valence-electron chi connectivity index (χ3n) is 2.93. The van der Waals surface area contributed by atoms with Gasteiger partial charge in [0.1, 0.15) is 5.75 Å². The van der Waals surface area contributed by atoms with Crippen molar-refractivity contribution in [3.63, 3.8) is 0 Å². The monoisotopic (exact) mass is 235 g/mol. The molecule has 1 heterocycles. The smallest absolute Gasteiger partial charge is 0.223 e. The number of benzene rings is 1. The lowest BCUT2D eigenvalue weighted by Crippen LogP contribution is -2.40. The van der Waals surface area contributed by atoms with Crippen LogP contribution < -0.4 is 0 Å². The van der Waals surface area contributed by atoms with Gasteiger partial charge in [0.2, 0.25) is 5.91 Å². The van der Waals surface area contributed by atoms with E-state index in [2.05, 4.69) is 0 Å². The van der Waals surface area contributed by atoms with Gasteiger partial charge >= 0.3 is 0 Å². The summed E-state index contributed by atoms with van der Waals surface area (Å²) in [4.78, 5) is 13.7. The van der Waals surface area contributed by atoms with Gasteiger partial charge in [-0.1, -0.05) is 12.1 Å². The number of carbonyl (C=O) groups excluding carboxylic acids is 1. The molecule has 1 aliphatic heterocycles. The lowest BCUT2D eigenvalue weighted by Gasteiger charge is -2.26. The molecule has 4 nitrogen and oxygen atoms in total. The van der Waals surface area contributed by atoms with E-state index in [0.29, 0.717) is 32.7 Å². The number of ether oxygens (including phenoxy) is 1. The van der Waals surface area contributed by atoms with Gasteiger partial charge in [0, 0.05) is 19.5 Å². The van der Waals surface area contributed by atoms with Crippen LogP contribution in [0, 0.1) is 0 Å². The number of phenolic OH excluding ortho intramolecular Hbond substituents is 1. The lowest BCUT2D eigenvalue weighted by atomic mass is 10.1. The van der Waals surface area contributed by atoms with Crippen LogP contribution in [0.1, 0.15) is 12.0 Å². The van der Waals surface area contributed by atoms with E-state index in [9.17, 15) is 4.79 Å². The molecule has 1 aromatic rings. The van der Waals surface area contributed by atoms with Crippen molar-refractivity contribution in [2.75, 3.05) is 26.3 Å². The van der Waals surface area contributed by atoms with Crippen LogP contribution >= 0.6 is 0 Å². The average molecular weight is 235 g/mol. The van der Waals surface area contributed by atoms with Gasteiger partial charge < -0.3 is 14.7 Å².